The van der Waals surface area contributed by atoms with Crippen molar-refractivity contribution in [2.24, 2.45) is 5.41 Å². The number of hydrogen-bond acceptors (Lipinski definition) is 3. The van der Waals surface area contributed by atoms with Crippen molar-refractivity contribution in [3.05, 3.63) is 0 Å². The normalized spacial score (nSPS) is 18.3. The molecule has 1 fully saturated rings. The van der Waals surface area contributed by atoms with Gasteiger partial charge < -0.3 is 15.2 Å². The summed E-state index contributed by atoms with van der Waals surface area (Å²) in [4.78, 5) is 22.9. The molecule has 5 heteroatoms. The van der Waals surface area contributed by atoms with Crippen LogP contribution in [-0.4, -0.2) is 37.2 Å². The highest BCUT2D eigenvalue weighted by Gasteiger charge is 2.39. The zero-order valence-corrected chi connectivity index (χ0v) is 11.0. The summed E-state index contributed by atoms with van der Waals surface area (Å²) in [6.07, 6.45) is 5.36. The van der Waals surface area contributed by atoms with Crippen molar-refractivity contribution in [1.29, 1.82) is 0 Å². The van der Waals surface area contributed by atoms with Gasteiger partial charge in [0.2, 0.25) is 5.91 Å². The number of rotatable bonds is 7. The molecule has 0 heterocycles. The molecule has 0 saturated heterocycles. The van der Waals surface area contributed by atoms with E-state index < -0.39 is 11.4 Å². The lowest BCUT2D eigenvalue weighted by molar-refractivity contribution is -0.151. The lowest BCUT2D eigenvalue weighted by Crippen LogP contribution is -2.44. The van der Waals surface area contributed by atoms with Gasteiger partial charge in [-0.3, -0.25) is 9.59 Å². The van der Waals surface area contributed by atoms with Crippen LogP contribution < -0.4 is 5.32 Å². The van der Waals surface area contributed by atoms with Crippen molar-refractivity contribution >= 4 is 11.9 Å². The molecule has 1 aliphatic rings. The zero-order valence-electron chi connectivity index (χ0n) is 11.0. The van der Waals surface area contributed by atoms with Crippen molar-refractivity contribution in [1.82, 2.24) is 5.32 Å². The van der Waals surface area contributed by atoms with Gasteiger partial charge in [-0.2, -0.15) is 0 Å². The van der Waals surface area contributed by atoms with Gasteiger partial charge in [0.25, 0.3) is 0 Å². The average molecular weight is 257 g/mol. The largest absolute Gasteiger partial charge is 0.481 e. The number of carboxylic acids is 1. The van der Waals surface area contributed by atoms with Gasteiger partial charge in [-0.05, 0) is 19.3 Å². The highest BCUT2D eigenvalue weighted by molar-refractivity contribution is 5.79. The van der Waals surface area contributed by atoms with Crippen LogP contribution in [0.5, 0.6) is 0 Å². The van der Waals surface area contributed by atoms with Gasteiger partial charge in [0.1, 0.15) is 0 Å². The van der Waals surface area contributed by atoms with Crippen LogP contribution in [0.3, 0.4) is 0 Å². The Morgan fingerprint density at radius 1 is 1.28 bits per heavy atom. The van der Waals surface area contributed by atoms with Crippen molar-refractivity contribution in [2.75, 3.05) is 20.3 Å². The van der Waals surface area contributed by atoms with E-state index in [4.69, 9.17) is 4.74 Å². The minimum Gasteiger partial charge on any atom is -0.481 e. The minimum absolute atomic E-state index is 0.0850. The number of amides is 1. The SMILES string of the molecule is COCCCC(=O)NCC1(C(=O)O)CCCCC1. The first kappa shape index (κ1) is 15.0. The third-order valence-corrected chi connectivity index (χ3v) is 3.64. The Morgan fingerprint density at radius 2 is 1.94 bits per heavy atom. The fourth-order valence-electron chi connectivity index (χ4n) is 2.43. The summed E-state index contributed by atoms with van der Waals surface area (Å²) in [5.74, 6) is -0.863. The van der Waals surface area contributed by atoms with Crippen LogP contribution >= 0.6 is 0 Å². The Labute approximate surface area is 108 Å². The molecule has 18 heavy (non-hydrogen) atoms. The van der Waals surface area contributed by atoms with Gasteiger partial charge in [-0.25, -0.2) is 0 Å². The number of carbonyl (C=O) groups is 2. The summed E-state index contributed by atoms with van der Waals surface area (Å²) in [5.41, 5.74) is -0.741. The molecule has 2 N–H and O–H groups in total. The van der Waals surface area contributed by atoms with E-state index >= 15 is 0 Å². The Morgan fingerprint density at radius 3 is 2.50 bits per heavy atom. The van der Waals surface area contributed by atoms with E-state index in [1.165, 1.54) is 0 Å². The number of methoxy groups -OCH3 is 1. The molecule has 0 aromatic rings. The predicted octanol–water partition coefficient (Wildman–Crippen LogP) is 1.56. The van der Waals surface area contributed by atoms with E-state index in [2.05, 4.69) is 5.32 Å². The molecule has 0 radical (unpaired) electrons. The van der Waals surface area contributed by atoms with Crippen LogP contribution in [0, 0.1) is 5.41 Å². The van der Waals surface area contributed by atoms with Gasteiger partial charge in [0.15, 0.2) is 0 Å². The van der Waals surface area contributed by atoms with Crippen molar-refractivity contribution in [3.8, 4) is 0 Å². The van der Waals surface area contributed by atoms with Crippen molar-refractivity contribution in [2.45, 2.75) is 44.9 Å². The van der Waals surface area contributed by atoms with E-state index in [-0.39, 0.29) is 12.5 Å². The molecule has 0 bridgehead atoms. The Balaban J connectivity index is 2.38. The van der Waals surface area contributed by atoms with E-state index in [9.17, 15) is 14.7 Å². The van der Waals surface area contributed by atoms with E-state index in [1.807, 2.05) is 0 Å². The maximum atomic E-state index is 11.6. The molecule has 0 aromatic carbocycles. The minimum atomic E-state index is -0.778. The maximum Gasteiger partial charge on any atom is 0.311 e. The van der Waals surface area contributed by atoms with Crippen LogP contribution in [0.25, 0.3) is 0 Å². The predicted molar refractivity (Wildman–Crippen MR) is 67.3 cm³/mol. The summed E-state index contributed by atoms with van der Waals surface area (Å²) in [7, 11) is 1.60. The Hall–Kier alpha value is -1.10. The number of ether oxygens (including phenoxy) is 1. The second-order valence-corrected chi connectivity index (χ2v) is 5.02. The quantitative estimate of drug-likeness (QED) is 0.679. The lowest BCUT2D eigenvalue weighted by atomic mass is 9.74. The highest BCUT2D eigenvalue weighted by atomic mass is 16.5. The molecule has 0 unspecified atom stereocenters. The number of nitrogens with one attached hydrogen (secondary N) is 1. The number of aliphatic carboxylic acids is 1. The molecule has 5 nitrogen and oxygen atoms in total. The second-order valence-electron chi connectivity index (χ2n) is 5.02. The molecule has 1 aliphatic carbocycles. The fraction of sp³-hybridized carbons (Fsp3) is 0.846. The standard InChI is InChI=1S/C13H23NO4/c1-18-9-5-6-11(15)14-10-13(12(16)17)7-3-2-4-8-13/h2-10H2,1H3,(H,14,15)(H,16,17). The lowest BCUT2D eigenvalue weighted by Gasteiger charge is -2.33. The second kappa shape index (κ2) is 7.36. The van der Waals surface area contributed by atoms with Crippen LogP contribution in [0.2, 0.25) is 0 Å². The van der Waals surface area contributed by atoms with Gasteiger partial charge in [0.05, 0.1) is 5.41 Å². The molecule has 0 spiro atoms. The first-order valence-electron chi connectivity index (χ1n) is 6.60. The van der Waals surface area contributed by atoms with Crippen LogP contribution in [0.4, 0.5) is 0 Å². The number of carbonyl (C=O) groups excluding carboxylic acids is 1. The molecule has 0 aromatic heterocycles. The number of carboxylic acid groups (broad SMARTS) is 1. The van der Waals surface area contributed by atoms with Gasteiger partial charge in [-0.15, -0.1) is 0 Å². The molecule has 104 valence electrons. The maximum absolute atomic E-state index is 11.6. The third kappa shape index (κ3) is 4.29. The summed E-state index contributed by atoms with van der Waals surface area (Å²) < 4.78 is 4.87. The fourth-order valence-corrected chi connectivity index (χ4v) is 2.43. The van der Waals surface area contributed by atoms with Crippen molar-refractivity contribution < 1.29 is 19.4 Å². The highest BCUT2D eigenvalue weighted by Crippen LogP contribution is 2.35. The summed E-state index contributed by atoms with van der Waals surface area (Å²) >= 11 is 0. The molecule has 0 atom stereocenters. The van der Waals surface area contributed by atoms with Crippen LogP contribution in [-0.2, 0) is 14.3 Å². The van der Waals surface area contributed by atoms with Gasteiger partial charge >= 0.3 is 5.97 Å². The molecule has 0 aliphatic heterocycles. The summed E-state index contributed by atoms with van der Waals surface area (Å²) in [6.45, 7) is 0.811. The average Bonchev–Trinajstić information content (AvgIpc) is 2.37. The molecule has 1 rings (SSSR count). The monoisotopic (exact) mass is 257 g/mol. The van der Waals surface area contributed by atoms with Gasteiger partial charge in [-0.1, -0.05) is 19.3 Å². The summed E-state index contributed by atoms with van der Waals surface area (Å²) in [5, 5.41) is 12.1. The zero-order chi connectivity index (χ0) is 13.4. The smallest absolute Gasteiger partial charge is 0.311 e. The topological polar surface area (TPSA) is 75.6 Å². The third-order valence-electron chi connectivity index (χ3n) is 3.64. The molecule has 1 saturated carbocycles. The Kier molecular flexibility index (Phi) is 6.12. The van der Waals surface area contributed by atoms with Crippen LogP contribution in [0.15, 0.2) is 0 Å². The van der Waals surface area contributed by atoms with E-state index in [0.717, 1.165) is 19.3 Å². The van der Waals surface area contributed by atoms with Crippen molar-refractivity contribution in [3.63, 3.8) is 0 Å². The number of hydrogen-bond donors (Lipinski definition) is 2. The molecular weight excluding hydrogens is 234 g/mol. The van der Waals surface area contributed by atoms with Crippen LogP contribution in [0.1, 0.15) is 44.9 Å². The van der Waals surface area contributed by atoms with E-state index in [0.29, 0.717) is 32.3 Å². The van der Waals surface area contributed by atoms with Gasteiger partial charge in [0, 0.05) is 26.7 Å². The molecule has 1 amide bonds. The first-order valence-corrected chi connectivity index (χ1v) is 6.60. The summed E-state index contributed by atoms with van der Waals surface area (Å²) in [6, 6.07) is 0. The Bertz CT molecular complexity index is 285. The first-order chi connectivity index (χ1) is 8.60. The molecular formula is C13H23NO4. The van der Waals surface area contributed by atoms with E-state index in [1.54, 1.807) is 7.11 Å².